The normalized spacial score (nSPS) is 34.1. The summed E-state index contributed by atoms with van der Waals surface area (Å²) >= 11 is 0. The number of nitrogens with two attached hydrogens (primary N) is 1. The fraction of sp³-hybridized carbons (Fsp3) is 0.833. The van der Waals surface area contributed by atoms with E-state index >= 15 is 0 Å². The second-order valence-corrected chi connectivity index (χ2v) is 4.90. The Bertz CT molecular complexity index is 326. The number of ether oxygens (including phenoxy) is 1. The van der Waals surface area contributed by atoms with Gasteiger partial charge in [-0.1, -0.05) is 6.42 Å². The van der Waals surface area contributed by atoms with Crippen LogP contribution >= 0.6 is 0 Å². The summed E-state index contributed by atoms with van der Waals surface area (Å²) in [4.78, 5) is 14.0. The van der Waals surface area contributed by atoms with Crippen molar-refractivity contribution in [3.05, 3.63) is 0 Å². The minimum atomic E-state index is -0.468. The molecule has 0 bridgehead atoms. The van der Waals surface area contributed by atoms with E-state index < -0.39 is 6.10 Å². The van der Waals surface area contributed by atoms with Gasteiger partial charge in [0.05, 0.1) is 19.2 Å². The average Bonchev–Trinajstić information content (AvgIpc) is 2.38. The molecular weight excluding hydrogens is 218 g/mol. The molecule has 2 rings (SSSR count). The quantitative estimate of drug-likeness (QED) is 0.709. The number of nitrogens with zero attached hydrogens (tertiary/aromatic N) is 2. The standard InChI is InChI=1S/C12H19N3O2/c13-7-11-8-15(4-5-17-11)12(16)9-2-1-3-10(14)6-9/h9-11H,1-6,8,14H2. The van der Waals surface area contributed by atoms with Crippen LogP contribution < -0.4 is 5.73 Å². The smallest absolute Gasteiger partial charge is 0.225 e. The third-order valence-electron chi connectivity index (χ3n) is 3.59. The van der Waals surface area contributed by atoms with Crippen molar-refractivity contribution in [1.29, 1.82) is 5.26 Å². The van der Waals surface area contributed by atoms with Gasteiger partial charge in [0.1, 0.15) is 0 Å². The molecule has 1 aliphatic heterocycles. The molecule has 5 heteroatoms. The third-order valence-corrected chi connectivity index (χ3v) is 3.59. The van der Waals surface area contributed by atoms with Crippen molar-refractivity contribution < 1.29 is 9.53 Å². The predicted molar refractivity (Wildman–Crippen MR) is 61.9 cm³/mol. The highest BCUT2D eigenvalue weighted by molar-refractivity contribution is 5.79. The number of rotatable bonds is 1. The zero-order chi connectivity index (χ0) is 12.3. The summed E-state index contributed by atoms with van der Waals surface area (Å²) in [6, 6.07) is 2.22. The summed E-state index contributed by atoms with van der Waals surface area (Å²) in [5.74, 6) is 0.208. The van der Waals surface area contributed by atoms with Crippen LogP contribution in [0, 0.1) is 17.2 Å². The zero-order valence-corrected chi connectivity index (χ0v) is 9.97. The van der Waals surface area contributed by atoms with Gasteiger partial charge in [0.25, 0.3) is 0 Å². The molecule has 0 aromatic rings. The Morgan fingerprint density at radius 3 is 3.00 bits per heavy atom. The van der Waals surface area contributed by atoms with Gasteiger partial charge >= 0.3 is 0 Å². The van der Waals surface area contributed by atoms with Gasteiger partial charge in [-0.15, -0.1) is 0 Å². The first kappa shape index (κ1) is 12.3. The Morgan fingerprint density at radius 2 is 2.29 bits per heavy atom. The first-order chi connectivity index (χ1) is 8.20. The fourth-order valence-corrected chi connectivity index (χ4v) is 2.64. The molecule has 0 aromatic heterocycles. The number of nitriles is 1. The molecule has 0 spiro atoms. The number of hydrogen-bond acceptors (Lipinski definition) is 4. The molecule has 0 aromatic carbocycles. The summed E-state index contributed by atoms with van der Waals surface area (Å²) in [6.07, 6.45) is 3.30. The Balaban J connectivity index is 1.92. The van der Waals surface area contributed by atoms with Crippen molar-refractivity contribution in [3.63, 3.8) is 0 Å². The van der Waals surface area contributed by atoms with Crippen molar-refractivity contribution in [2.75, 3.05) is 19.7 Å². The largest absolute Gasteiger partial charge is 0.360 e. The molecule has 3 atom stereocenters. The van der Waals surface area contributed by atoms with Crippen molar-refractivity contribution in [3.8, 4) is 6.07 Å². The van der Waals surface area contributed by atoms with E-state index in [2.05, 4.69) is 6.07 Å². The SMILES string of the molecule is N#CC1CN(C(=O)C2CCCC(N)C2)CCO1. The van der Waals surface area contributed by atoms with Crippen LogP contribution in [0.2, 0.25) is 0 Å². The van der Waals surface area contributed by atoms with Crippen molar-refractivity contribution in [2.24, 2.45) is 11.7 Å². The van der Waals surface area contributed by atoms with Crippen LogP contribution in [-0.4, -0.2) is 42.6 Å². The first-order valence-corrected chi connectivity index (χ1v) is 6.26. The van der Waals surface area contributed by atoms with E-state index in [-0.39, 0.29) is 17.9 Å². The molecule has 2 aliphatic rings. The van der Waals surface area contributed by atoms with Gasteiger partial charge in [-0.3, -0.25) is 4.79 Å². The molecular formula is C12H19N3O2. The molecule has 94 valence electrons. The Labute approximate surface area is 102 Å². The lowest BCUT2D eigenvalue weighted by Gasteiger charge is -2.34. The molecule has 2 fully saturated rings. The lowest BCUT2D eigenvalue weighted by Crippen LogP contribution is -2.48. The zero-order valence-electron chi connectivity index (χ0n) is 9.97. The number of amides is 1. The summed E-state index contributed by atoms with van der Waals surface area (Å²) in [7, 11) is 0. The molecule has 0 radical (unpaired) electrons. The van der Waals surface area contributed by atoms with Crippen molar-refractivity contribution >= 4 is 5.91 Å². The van der Waals surface area contributed by atoms with E-state index in [9.17, 15) is 4.79 Å². The Hall–Kier alpha value is -1.12. The maximum atomic E-state index is 12.3. The number of carbonyl (C=O) groups is 1. The van der Waals surface area contributed by atoms with Crippen LogP contribution in [0.3, 0.4) is 0 Å². The van der Waals surface area contributed by atoms with Crippen LogP contribution in [0.25, 0.3) is 0 Å². The highest BCUT2D eigenvalue weighted by Crippen LogP contribution is 2.25. The van der Waals surface area contributed by atoms with Crippen molar-refractivity contribution in [1.82, 2.24) is 4.90 Å². The molecule has 17 heavy (non-hydrogen) atoms. The Kier molecular flexibility index (Phi) is 3.97. The topological polar surface area (TPSA) is 79.4 Å². The summed E-state index contributed by atoms with van der Waals surface area (Å²) < 4.78 is 5.24. The van der Waals surface area contributed by atoms with Crippen LogP contribution in [0.4, 0.5) is 0 Å². The van der Waals surface area contributed by atoms with E-state index in [0.717, 1.165) is 25.7 Å². The molecule has 1 saturated heterocycles. The molecule has 2 N–H and O–H groups in total. The molecule has 1 saturated carbocycles. The van der Waals surface area contributed by atoms with Gasteiger partial charge in [-0.05, 0) is 19.3 Å². The van der Waals surface area contributed by atoms with Crippen LogP contribution in [0.5, 0.6) is 0 Å². The fourth-order valence-electron chi connectivity index (χ4n) is 2.64. The molecule has 5 nitrogen and oxygen atoms in total. The van der Waals surface area contributed by atoms with Crippen LogP contribution in [-0.2, 0) is 9.53 Å². The minimum absolute atomic E-state index is 0.0520. The second-order valence-electron chi connectivity index (χ2n) is 4.90. The van der Waals surface area contributed by atoms with Crippen molar-refractivity contribution in [2.45, 2.75) is 37.8 Å². The molecule has 3 unspecified atom stereocenters. The summed E-state index contributed by atoms with van der Waals surface area (Å²) in [6.45, 7) is 1.46. The molecule has 1 aliphatic carbocycles. The van der Waals surface area contributed by atoms with E-state index in [1.165, 1.54) is 0 Å². The van der Waals surface area contributed by atoms with Gasteiger partial charge in [-0.25, -0.2) is 0 Å². The second kappa shape index (κ2) is 5.48. The van der Waals surface area contributed by atoms with E-state index in [1.807, 2.05) is 0 Å². The maximum Gasteiger partial charge on any atom is 0.225 e. The molecule has 1 heterocycles. The summed E-state index contributed by atoms with van der Waals surface area (Å²) in [5, 5.41) is 8.81. The van der Waals surface area contributed by atoms with Gasteiger partial charge in [-0.2, -0.15) is 5.26 Å². The van der Waals surface area contributed by atoms with E-state index in [1.54, 1.807) is 4.90 Å². The highest BCUT2D eigenvalue weighted by Gasteiger charge is 2.31. The molecule has 1 amide bonds. The minimum Gasteiger partial charge on any atom is -0.360 e. The van der Waals surface area contributed by atoms with Crippen LogP contribution in [0.15, 0.2) is 0 Å². The van der Waals surface area contributed by atoms with Gasteiger partial charge in [0.15, 0.2) is 6.10 Å². The number of morpholine rings is 1. The number of hydrogen-bond donors (Lipinski definition) is 1. The Morgan fingerprint density at radius 1 is 1.47 bits per heavy atom. The monoisotopic (exact) mass is 237 g/mol. The maximum absolute atomic E-state index is 12.3. The summed E-state index contributed by atoms with van der Waals surface area (Å²) in [5.41, 5.74) is 5.90. The number of carbonyl (C=O) groups excluding carboxylic acids is 1. The van der Waals surface area contributed by atoms with Gasteiger partial charge in [0, 0.05) is 18.5 Å². The lowest BCUT2D eigenvalue weighted by atomic mass is 9.85. The van der Waals surface area contributed by atoms with Crippen LogP contribution in [0.1, 0.15) is 25.7 Å². The highest BCUT2D eigenvalue weighted by atomic mass is 16.5. The van der Waals surface area contributed by atoms with E-state index in [0.29, 0.717) is 19.7 Å². The third kappa shape index (κ3) is 2.96. The average molecular weight is 237 g/mol. The van der Waals surface area contributed by atoms with Gasteiger partial charge < -0.3 is 15.4 Å². The predicted octanol–water partition coefficient (Wildman–Crippen LogP) is 0.255. The van der Waals surface area contributed by atoms with Gasteiger partial charge in [0.2, 0.25) is 5.91 Å². The first-order valence-electron chi connectivity index (χ1n) is 6.26. The van der Waals surface area contributed by atoms with E-state index in [4.69, 9.17) is 15.7 Å². The lowest BCUT2D eigenvalue weighted by molar-refractivity contribution is -0.142.